The summed E-state index contributed by atoms with van der Waals surface area (Å²) < 4.78 is 4.76. The summed E-state index contributed by atoms with van der Waals surface area (Å²) in [6.07, 6.45) is 0.848. The number of methoxy groups -OCH3 is 1. The van der Waals surface area contributed by atoms with Crippen molar-refractivity contribution in [2.75, 3.05) is 38.7 Å². The van der Waals surface area contributed by atoms with Crippen LogP contribution in [-0.4, -0.2) is 61.1 Å². The number of esters is 1. The van der Waals surface area contributed by atoms with Gasteiger partial charge in [-0.25, -0.2) is 4.79 Å². The van der Waals surface area contributed by atoms with Gasteiger partial charge >= 0.3 is 5.97 Å². The first-order valence-corrected chi connectivity index (χ1v) is 8.80. The van der Waals surface area contributed by atoms with Crippen LogP contribution in [0.25, 0.3) is 0 Å². The molecule has 27 heavy (non-hydrogen) atoms. The van der Waals surface area contributed by atoms with Crippen molar-refractivity contribution < 1.29 is 24.2 Å². The molecule has 8 nitrogen and oxygen atoms in total. The van der Waals surface area contributed by atoms with Crippen molar-refractivity contribution in [2.45, 2.75) is 20.3 Å². The maximum absolute atomic E-state index is 12.6. The van der Waals surface area contributed by atoms with Gasteiger partial charge in [0, 0.05) is 24.3 Å². The number of benzene rings is 1. The Balaban J connectivity index is 2.26. The Labute approximate surface area is 158 Å². The third kappa shape index (κ3) is 4.65. The number of β-amino-alcohol motifs (C(OH)–C–C–N with tert-alkyl or cyclic N) is 1. The number of hydrogen-bond acceptors (Lipinski definition) is 6. The summed E-state index contributed by atoms with van der Waals surface area (Å²) in [5.41, 5.74) is 2.22. The molecule has 0 unspecified atom stereocenters. The van der Waals surface area contributed by atoms with Crippen LogP contribution in [0.2, 0.25) is 0 Å². The van der Waals surface area contributed by atoms with Gasteiger partial charge in [-0.1, -0.05) is 6.92 Å². The Morgan fingerprint density at radius 2 is 2.07 bits per heavy atom. The fraction of sp³-hybridized carbons (Fsp3) is 0.421. The second-order valence-corrected chi connectivity index (χ2v) is 6.21. The van der Waals surface area contributed by atoms with Gasteiger partial charge in [0.1, 0.15) is 5.70 Å². The molecule has 2 rings (SSSR count). The molecule has 8 heteroatoms. The summed E-state index contributed by atoms with van der Waals surface area (Å²) in [6.45, 7) is 4.38. The van der Waals surface area contributed by atoms with E-state index in [9.17, 15) is 14.4 Å². The molecule has 0 atom stereocenters. The molecule has 0 saturated heterocycles. The van der Waals surface area contributed by atoms with Crippen molar-refractivity contribution in [2.24, 2.45) is 0 Å². The molecule has 0 fully saturated rings. The minimum atomic E-state index is -0.598. The molecule has 0 radical (unpaired) electrons. The van der Waals surface area contributed by atoms with Crippen LogP contribution in [0.1, 0.15) is 29.3 Å². The number of nitrogens with zero attached hydrogens (tertiary/aromatic N) is 1. The molecule has 0 aliphatic carbocycles. The predicted molar refractivity (Wildman–Crippen MR) is 100 cm³/mol. The predicted octanol–water partition coefficient (Wildman–Crippen LogP) is 0.808. The summed E-state index contributed by atoms with van der Waals surface area (Å²) in [4.78, 5) is 38.0. The van der Waals surface area contributed by atoms with E-state index in [1.54, 1.807) is 18.2 Å². The van der Waals surface area contributed by atoms with Crippen molar-refractivity contribution in [3.05, 3.63) is 40.6 Å². The zero-order valence-corrected chi connectivity index (χ0v) is 15.8. The number of aryl methyl sites for hydroxylation is 1. The Morgan fingerprint density at radius 1 is 1.33 bits per heavy atom. The Kier molecular flexibility index (Phi) is 6.95. The molecule has 1 aliphatic rings. The molecule has 0 aromatic heterocycles. The lowest BCUT2D eigenvalue weighted by Gasteiger charge is -2.16. The van der Waals surface area contributed by atoms with Gasteiger partial charge < -0.3 is 25.4 Å². The lowest BCUT2D eigenvalue weighted by atomic mass is 10.1. The quantitative estimate of drug-likeness (QED) is 0.581. The van der Waals surface area contributed by atoms with Gasteiger partial charge in [-0.3, -0.25) is 9.59 Å². The largest absolute Gasteiger partial charge is 0.466 e. The van der Waals surface area contributed by atoms with Gasteiger partial charge in [0.15, 0.2) is 0 Å². The van der Waals surface area contributed by atoms with Gasteiger partial charge in [-0.05, 0) is 37.1 Å². The zero-order valence-electron chi connectivity index (χ0n) is 15.8. The number of aliphatic hydroxyl groups is 1. The molecule has 0 spiro atoms. The SMILES string of the molecule is CCCNC(=O)c1ccc(NC2=C(C(=O)OC)CN(CCO)C2=O)c(C)c1. The van der Waals surface area contributed by atoms with E-state index in [-0.39, 0.29) is 42.8 Å². The molecule has 1 aromatic carbocycles. The Bertz CT molecular complexity index is 773. The highest BCUT2D eigenvalue weighted by molar-refractivity contribution is 6.08. The maximum Gasteiger partial charge on any atom is 0.337 e. The third-order valence-corrected chi connectivity index (χ3v) is 4.24. The summed E-state index contributed by atoms with van der Waals surface area (Å²) in [6, 6.07) is 5.07. The van der Waals surface area contributed by atoms with Crippen molar-refractivity contribution in [3.8, 4) is 0 Å². The minimum absolute atomic E-state index is 0.0744. The monoisotopic (exact) mass is 375 g/mol. The minimum Gasteiger partial charge on any atom is -0.466 e. The summed E-state index contributed by atoms with van der Waals surface area (Å²) in [7, 11) is 1.25. The average molecular weight is 375 g/mol. The number of rotatable bonds is 8. The van der Waals surface area contributed by atoms with Gasteiger partial charge in [0.25, 0.3) is 11.8 Å². The van der Waals surface area contributed by atoms with Gasteiger partial charge in [-0.15, -0.1) is 0 Å². The highest BCUT2D eigenvalue weighted by Crippen LogP contribution is 2.25. The van der Waals surface area contributed by atoms with E-state index in [0.29, 0.717) is 17.8 Å². The van der Waals surface area contributed by atoms with Crippen molar-refractivity contribution in [1.82, 2.24) is 10.2 Å². The number of carbonyl (C=O) groups is 3. The molecule has 2 amide bonds. The van der Waals surface area contributed by atoms with Crippen LogP contribution in [0.4, 0.5) is 5.69 Å². The van der Waals surface area contributed by atoms with Crippen LogP contribution < -0.4 is 10.6 Å². The Hall–Kier alpha value is -2.87. The van der Waals surface area contributed by atoms with Gasteiger partial charge in [0.05, 0.1) is 25.8 Å². The third-order valence-electron chi connectivity index (χ3n) is 4.24. The van der Waals surface area contributed by atoms with E-state index < -0.39 is 5.97 Å². The van der Waals surface area contributed by atoms with E-state index in [2.05, 4.69) is 10.6 Å². The molecule has 1 heterocycles. The summed E-state index contributed by atoms with van der Waals surface area (Å²) >= 11 is 0. The van der Waals surface area contributed by atoms with Crippen molar-refractivity contribution in [3.63, 3.8) is 0 Å². The first-order chi connectivity index (χ1) is 12.9. The van der Waals surface area contributed by atoms with E-state index in [1.165, 1.54) is 12.0 Å². The number of hydrogen-bond donors (Lipinski definition) is 3. The normalized spacial score (nSPS) is 13.8. The van der Waals surface area contributed by atoms with Gasteiger partial charge in [0.2, 0.25) is 0 Å². The first-order valence-electron chi connectivity index (χ1n) is 8.80. The smallest absolute Gasteiger partial charge is 0.337 e. The van der Waals surface area contributed by atoms with Crippen LogP contribution >= 0.6 is 0 Å². The molecular weight excluding hydrogens is 350 g/mol. The molecule has 146 valence electrons. The highest BCUT2D eigenvalue weighted by atomic mass is 16.5. The van der Waals surface area contributed by atoms with E-state index >= 15 is 0 Å². The van der Waals surface area contributed by atoms with E-state index in [1.807, 2.05) is 13.8 Å². The summed E-state index contributed by atoms with van der Waals surface area (Å²) in [5, 5.41) is 14.9. The second-order valence-electron chi connectivity index (χ2n) is 6.21. The van der Waals surface area contributed by atoms with Crippen LogP contribution in [0.5, 0.6) is 0 Å². The number of nitrogens with one attached hydrogen (secondary N) is 2. The number of aliphatic hydroxyl groups excluding tert-OH is 1. The van der Waals surface area contributed by atoms with Crippen LogP contribution in [0.15, 0.2) is 29.5 Å². The molecule has 0 bridgehead atoms. The molecule has 3 N–H and O–H groups in total. The fourth-order valence-electron chi connectivity index (χ4n) is 2.77. The fourth-order valence-corrected chi connectivity index (χ4v) is 2.77. The Morgan fingerprint density at radius 3 is 2.67 bits per heavy atom. The molecule has 0 saturated carbocycles. The van der Waals surface area contributed by atoms with Crippen LogP contribution in [-0.2, 0) is 14.3 Å². The lowest BCUT2D eigenvalue weighted by molar-refractivity contribution is -0.136. The number of carbonyl (C=O) groups excluding carboxylic acids is 3. The first kappa shape index (κ1) is 20.4. The standard InChI is InChI=1S/C19H25N3O5/c1-4-7-20-17(24)13-5-6-15(12(2)10-13)21-16-14(19(26)27-3)11-22(8-9-23)18(16)25/h5-6,10,21,23H,4,7-9,11H2,1-3H3,(H,20,24). The molecular formula is C19H25N3O5. The molecule has 1 aliphatic heterocycles. The van der Waals surface area contributed by atoms with Gasteiger partial charge in [-0.2, -0.15) is 0 Å². The number of anilines is 1. The second kappa shape index (κ2) is 9.18. The zero-order chi connectivity index (χ0) is 20.0. The summed E-state index contributed by atoms with van der Waals surface area (Å²) in [5.74, 6) is -1.14. The van der Waals surface area contributed by atoms with E-state index in [0.717, 1.165) is 12.0 Å². The average Bonchev–Trinajstić information content (AvgIpc) is 2.97. The maximum atomic E-state index is 12.6. The van der Waals surface area contributed by atoms with Crippen molar-refractivity contribution >= 4 is 23.5 Å². The topological polar surface area (TPSA) is 108 Å². The lowest BCUT2D eigenvalue weighted by Crippen LogP contribution is -2.31. The van der Waals surface area contributed by atoms with E-state index in [4.69, 9.17) is 9.84 Å². The highest BCUT2D eigenvalue weighted by Gasteiger charge is 2.34. The van der Waals surface area contributed by atoms with Crippen molar-refractivity contribution in [1.29, 1.82) is 0 Å². The number of amides is 2. The molecule has 1 aromatic rings. The number of ether oxygens (including phenoxy) is 1. The van der Waals surface area contributed by atoms with Crippen LogP contribution in [0, 0.1) is 6.92 Å². The van der Waals surface area contributed by atoms with Crippen LogP contribution in [0.3, 0.4) is 0 Å².